The molecular formula is C26H32N5O+. The lowest BCUT2D eigenvalue weighted by Gasteiger charge is -2.31. The molecule has 5 rings (SSSR count). The monoisotopic (exact) mass is 430 g/mol. The van der Waals surface area contributed by atoms with Gasteiger partial charge >= 0.3 is 0 Å². The smallest absolute Gasteiger partial charge is 0.274 e. The van der Waals surface area contributed by atoms with Gasteiger partial charge in [0.2, 0.25) is 0 Å². The van der Waals surface area contributed by atoms with Crippen molar-refractivity contribution >= 4 is 18.1 Å². The molecule has 3 aliphatic rings. The van der Waals surface area contributed by atoms with Crippen LogP contribution in [0, 0.1) is 0 Å². The number of aromatic amines is 1. The molecule has 2 saturated heterocycles. The summed E-state index contributed by atoms with van der Waals surface area (Å²) in [6.07, 6.45) is 8.58. The maximum atomic E-state index is 5.62. The van der Waals surface area contributed by atoms with Gasteiger partial charge in [0.15, 0.2) is 0 Å². The van der Waals surface area contributed by atoms with Gasteiger partial charge in [0.1, 0.15) is 13.1 Å². The molecule has 32 heavy (non-hydrogen) atoms. The van der Waals surface area contributed by atoms with Gasteiger partial charge < -0.3 is 9.64 Å². The van der Waals surface area contributed by atoms with Crippen molar-refractivity contribution in [1.82, 2.24) is 9.91 Å². The largest absolute Gasteiger partial charge is 0.378 e. The molecule has 2 aliphatic heterocycles. The Bertz CT molecular complexity index is 972. The van der Waals surface area contributed by atoms with Gasteiger partial charge in [0.25, 0.3) is 5.82 Å². The molecule has 1 N–H and O–H groups in total. The van der Waals surface area contributed by atoms with Crippen LogP contribution in [0.25, 0.3) is 6.08 Å². The molecule has 6 heteroatoms. The molecule has 1 aromatic carbocycles. The summed E-state index contributed by atoms with van der Waals surface area (Å²) in [5, 5.41) is 7.12. The van der Waals surface area contributed by atoms with Crippen molar-refractivity contribution in [2.24, 2.45) is 5.10 Å². The van der Waals surface area contributed by atoms with Crippen LogP contribution in [-0.4, -0.2) is 68.6 Å². The fourth-order valence-corrected chi connectivity index (χ4v) is 4.71. The average Bonchev–Trinajstić information content (AvgIpc) is 3.27. The Balaban J connectivity index is 1.31. The summed E-state index contributed by atoms with van der Waals surface area (Å²) in [4.78, 5) is 8.22. The summed E-state index contributed by atoms with van der Waals surface area (Å²) in [6.45, 7) is 7.32. The van der Waals surface area contributed by atoms with E-state index in [9.17, 15) is 0 Å². The number of hydrogen-bond donors (Lipinski definition) is 0. The first kappa shape index (κ1) is 20.8. The third-order valence-electron chi connectivity index (χ3n) is 6.41. The third-order valence-corrected chi connectivity index (χ3v) is 6.41. The molecule has 2 fully saturated rings. The number of hydrogen-bond acceptors (Lipinski definition) is 5. The zero-order valence-corrected chi connectivity index (χ0v) is 18.6. The molecule has 3 heterocycles. The number of aromatic nitrogens is 1. The Kier molecular flexibility index (Phi) is 6.49. The van der Waals surface area contributed by atoms with Gasteiger partial charge in [0.05, 0.1) is 38.7 Å². The summed E-state index contributed by atoms with van der Waals surface area (Å²) in [5.74, 6) is 1.18. The number of benzene rings is 1. The second-order valence-electron chi connectivity index (χ2n) is 8.49. The lowest BCUT2D eigenvalue weighted by molar-refractivity contribution is -0.364. The zero-order chi connectivity index (χ0) is 21.6. The number of allylic oxidation sites excluding steroid dienone is 2. The SMILES string of the molecule is C(=N/N1CCN(c2cccc[nH+]2)CC1)/C1=C(N2CCOCC2)C(=C/c2ccccc2)/CC1. The molecule has 0 bridgehead atoms. The number of hydrazone groups is 1. The number of anilines is 1. The van der Waals surface area contributed by atoms with Gasteiger partial charge in [-0.1, -0.05) is 36.4 Å². The van der Waals surface area contributed by atoms with Crippen molar-refractivity contribution in [3.63, 3.8) is 0 Å². The van der Waals surface area contributed by atoms with Crippen molar-refractivity contribution in [3.8, 4) is 0 Å². The molecule has 0 unspecified atom stereocenters. The number of piperazine rings is 1. The Morgan fingerprint density at radius 1 is 0.812 bits per heavy atom. The lowest BCUT2D eigenvalue weighted by Crippen LogP contribution is -2.46. The van der Waals surface area contributed by atoms with Gasteiger partial charge in [-0.05, 0) is 41.7 Å². The molecule has 6 nitrogen and oxygen atoms in total. The van der Waals surface area contributed by atoms with Gasteiger partial charge in [-0.25, -0.2) is 4.98 Å². The summed E-state index contributed by atoms with van der Waals surface area (Å²) >= 11 is 0. The Hall–Kier alpha value is -3.12. The Morgan fingerprint density at radius 2 is 1.59 bits per heavy atom. The van der Waals surface area contributed by atoms with Crippen molar-refractivity contribution < 1.29 is 9.72 Å². The highest BCUT2D eigenvalue weighted by Crippen LogP contribution is 2.35. The minimum Gasteiger partial charge on any atom is -0.378 e. The van der Waals surface area contributed by atoms with Crippen LogP contribution in [0.1, 0.15) is 18.4 Å². The first-order valence-electron chi connectivity index (χ1n) is 11.7. The fraction of sp³-hybridized carbons (Fsp3) is 0.385. The van der Waals surface area contributed by atoms with Crippen molar-refractivity contribution in [3.05, 3.63) is 77.1 Å². The van der Waals surface area contributed by atoms with E-state index in [4.69, 9.17) is 9.84 Å². The Labute approximate surface area is 190 Å². The number of rotatable bonds is 5. The Morgan fingerprint density at radius 3 is 2.34 bits per heavy atom. The van der Waals surface area contributed by atoms with E-state index in [1.165, 1.54) is 28.2 Å². The van der Waals surface area contributed by atoms with Crippen LogP contribution in [0.5, 0.6) is 0 Å². The number of pyridine rings is 1. The van der Waals surface area contributed by atoms with Crippen LogP contribution in [0.3, 0.4) is 0 Å². The van der Waals surface area contributed by atoms with E-state index < -0.39 is 0 Å². The highest BCUT2D eigenvalue weighted by molar-refractivity contribution is 5.83. The number of nitrogens with zero attached hydrogens (tertiary/aromatic N) is 4. The molecule has 1 aromatic heterocycles. The van der Waals surface area contributed by atoms with Gasteiger partial charge in [-0.15, -0.1) is 0 Å². The first-order valence-corrected chi connectivity index (χ1v) is 11.7. The molecular weight excluding hydrogens is 398 g/mol. The van der Waals surface area contributed by atoms with Crippen molar-refractivity contribution in [1.29, 1.82) is 0 Å². The maximum Gasteiger partial charge on any atom is 0.274 e. The second-order valence-corrected chi connectivity index (χ2v) is 8.49. The number of nitrogens with one attached hydrogen (secondary N) is 1. The van der Waals surface area contributed by atoms with E-state index in [1.807, 2.05) is 12.3 Å². The molecule has 0 radical (unpaired) electrons. The molecule has 0 spiro atoms. The van der Waals surface area contributed by atoms with Crippen molar-refractivity contribution in [2.75, 3.05) is 57.4 Å². The van der Waals surface area contributed by atoms with Crippen LogP contribution < -0.4 is 9.88 Å². The van der Waals surface area contributed by atoms with E-state index in [2.05, 4.69) is 74.5 Å². The first-order chi connectivity index (χ1) is 15.9. The minimum absolute atomic E-state index is 0.797. The average molecular weight is 431 g/mol. The van der Waals surface area contributed by atoms with Gasteiger partial charge in [0, 0.05) is 24.9 Å². The second kappa shape index (κ2) is 10.0. The molecule has 0 atom stereocenters. The van der Waals surface area contributed by atoms with E-state index in [-0.39, 0.29) is 0 Å². The molecule has 1 aliphatic carbocycles. The normalized spacial score (nSPS) is 21.2. The predicted molar refractivity (Wildman–Crippen MR) is 128 cm³/mol. The summed E-state index contributed by atoms with van der Waals surface area (Å²) in [7, 11) is 0. The molecule has 166 valence electrons. The minimum atomic E-state index is 0.797. The molecule has 0 amide bonds. The van der Waals surface area contributed by atoms with Crippen LogP contribution in [0.2, 0.25) is 0 Å². The number of ether oxygens (including phenoxy) is 1. The standard InChI is InChI=1S/C26H31N5O/c1-2-6-22(7-3-1)20-23-9-10-24(26(23)30-16-18-32-19-17-30)21-28-31-14-12-29(13-15-31)25-8-4-5-11-27-25/h1-8,11,20-21H,9-10,12-19H2/p+1/b23-20+,28-21-. The zero-order valence-electron chi connectivity index (χ0n) is 18.6. The lowest BCUT2D eigenvalue weighted by atomic mass is 10.1. The number of morpholine rings is 1. The van der Waals surface area contributed by atoms with E-state index in [0.717, 1.165) is 65.3 Å². The summed E-state index contributed by atoms with van der Waals surface area (Å²) < 4.78 is 5.62. The van der Waals surface area contributed by atoms with E-state index in [0.29, 0.717) is 0 Å². The van der Waals surface area contributed by atoms with Gasteiger partial charge in [-0.3, -0.25) is 9.91 Å². The van der Waals surface area contributed by atoms with E-state index in [1.54, 1.807) is 0 Å². The third kappa shape index (κ3) is 4.86. The molecule has 0 saturated carbocycles. The highest BCUT2D eigenvalue weighted by Gasteiger charge is 2.26. The predicted octanol–water partition coefficient (Wildman–Crippen LogP) is 3.07. The summed E-state index contributed by atoms with van der Waals surface area (Å²) in [6, 6.07) is 16.9. The summed E-state index contributed by atoms with van der Waals surface area (Å²) in [5.41, 5.74) is 5.41. The van der Waals surface area contributed by atoms with Gasteiger partial charge in [-0.2, -0.15) is 5.10 Å². The van der Waals surface area contributed by atoms with Crippen LogP contribution in [-0.2, 0) is 4.74 Å². The topological polar surface area (TPSA) is 45.5 Å². The quantitative estimate of drug-likeness (QED) is 0.684. The van der Waals surface area contributed by atoms with Crippen LogP contribution in [0.15, 0.2) is 76.7 Å². The molecule has 2 aromatic rings. The van der Waals surface area contributed by atoms with Crippen LogP contribution >= 0.6 is 0 Å². The van der Waals surface area contributed by atoms with Crippen LogP contribution in [0.4, 0.5) is 5.82 Å². The fourth-order valence-electron chi connectivity index (χ4n) is 4.71. The van der Waals surface area contributed by atoms with Crippen molar-refractivity contribution in [2.45, 2.75) is 12.8 Å². The number of H-pyrrole nitrogens is 1. The highest BCUT2D eigenvalue weighted by atomic mass is 16.5. The maximum absolute atomic E-state index is 5.62. The van der Waals surface area contributed by atoms with E-state index >= 15 is 0 Å².